The van der Waals surface area contributed by atoms with Gasteiger partial charge in [-0.05, 0) is 25.7 Å². The maximum Gasteiger partial charge on any atom is 0.306 e. The van der Waals surface area contributed by atoms with Crippen LogP contribution >= 0.6 is 0 Å². The molecule has 0 saturated heterocycles. The number of hydrogen-bond acceptors (Lipinski definition) is 3. The molecule has 0 aromatic heterocycles. The first kappa shape index (κ1) is 18.9. The number of carbonyl (C=O) groups excluding carboxylic acids is 2. The van der Waals surface area contributed by atoms with Gasteiger partial charge in [-0.25, -0.2) is 0 Å². The molecule has 0 spiro atoms. The molecule has 0 aliphatic rings. The van der Waals surface area contributed by atoms with Crippen LogP contribution in [-0.4, -0.2) is 18.9 Å². The lowest BCUT2D eigenvalue weighted by Gasteiger charge is -2.02. The molecule has 0 unspecified atom stereocenters. The first-order chi connectivity index (χ1) is 9.81. The second-order valence-corrected chi connectivity index (χ2v) is 5.12. The zero-order chi connectivity index (χ0) is 14.9. The highest BCUT2D eigenvalue weighted by Gasteiger charge is 2.00. The number of allylic oxidation sites excluding steroid dienone is 1. The van der Waals surface area contributed by atoms with E-state index in [0.29, 0.717) is 19.4 Å². The molecule has 0 heterocycles. The van der Waals surface area contributed by atoms with Crippen molar-refractivity contribution in [3.63, 3.8) is 0 Å². The third-order valence-electron chi connectivity index (χ3n) is 3.18. The minimum atomic E-state index is -0.115. The number of hydrogen-bond donors (Lipinski definition) is 0. The van der Waals surface area contributed by atoms with Crippen LogP contribution in [0.4, 0.5) is 0 Å². The van der Waals surface area contributed by atoms with Crippen LogP contribution in [-0.2, 0) is 14.3 Å². The summed E-state index contributed by atoms with van der Waals surface area (Å²) >= 11 is 0. The lowest BCUT2D eigenvalue weighted by atomic mass is 10.1. The van der Waals surface area contributed by atoms with E-state index in [-0.39, 0.29) is 5.97 Å². The first-order valence-corrected chi connectivity index (χ1v) is 8.05. The van der Waals surface area contributed by atoms with Crippen LogP contribution in [0.1, 0.15) is 77.6 Å². The van der Waals surface area contributed by atoms with Gasteiger partial charge in [-0.15, -0.1) is 0 Å². The van der Waals surface area contributed by atoms with Gasteiger partial charge in [0.05, 0.1) is 0 Å². The molecule has 3 nitrogen and oxygen atoms in total. The largest absolute Gasteiger partial charge is 0.461 e. The molecule has 0 atom stereocenters. The number of aldehydes is 1. The highest BCUT2D eigenvalue weighted by molar-refractivity contribution is 5.69. The van der Waals surface area contributed by atoms with Gasteiger partial charge in [0.25, 0.3) is 0 Å². The standard InChI is InChI=1S/C17H30O3/c1-2-3-4-5-6-10-13-16-20-17(19)14-11-8-7-9-12-15-18/h10,13,15H,2-9,11-12,14,16H2,1H3. The Kier molecular flexibility index (Phi) is 15.0. The summed E-state index contributed by atoms with van der Waals surface area (Å²) in [5.74, 6) is -0.115. The van der Waals surface area contributed by atoms with Crippen LogP contribution in [0.15, 0.2) is 12.2 Å². The fraction of sp³-hybridized carbons (Fsp3) is 0.765. The summed E-state index contributed by atoms with van der Waals surface area (Å²) in [7, 11) is 0. The lowest BCUT2D eigenvalue weighted by molar-refractivity contribution is -0.142. The number of ether oxygens (including phenoxy) is 1. The van der Waals surface area contributed by atoms with Crippen molar-refractivity contribution in [2.75, 3.05) is 6.61 Å². The Balaban J connectivity index is 3.27. The second kappa shape index (κ2) is 15.9. The quantitative estimate of drug-likeness (QED) is 0.202. The van der Waals surface area contributed by atoms with E-state index < -0.39 is 0 Å². The summed E-state index contributed by atoms with van der Waals surface area (Å²) in [6, 6.07) is 0. The van der Waals surface area contributed by atoms with E-state index in [1.54, 1.807) is 0 Å². The van der Waals surface area contributed by atoms with Crippen LogP contribution in [0, 0.1) is 0 Å². The Morgan fingerprint density at radius 3 is 2.35 bits per heavy atom. The van der Waals surface area contributed by atoms with E-state index in [0.717, 1.165) is 38.4 Å². The fourth-order valence-corrected chi connectivity index (χ4v) is 1.94. The SMILES string of the molecule is CCCCCCC=CCOC(=O)CCCCCCC=O. The maximum absolute atomic E-state index is 11.4. The van der Waals surface area contributed by atoms with Crippen molar-refractivity contribution in [1.82, 2.24) is 0 Å². The van der Waals surface area contributed by atoms with Gasteiger partial charge < -0.3 is 9.53 Å². The van der Waals surface area contributed by atoms with Gasteiger partial charge in [-0.2, -0.15) is 0 Å². The molecule has 0 amide bonds. The average Bonchev–Trinajstić information content (AvgIpc) is 2.45. The summed E-state index contributed by atoms with van der Waals surface area (Å²) in [6.07, 6.45) is 16.1. The molecule has 0 rings (SSSR count). The van der Waals surface area contributed by atoms with Gasteiger partial charge in [-0.1, -0.05) is 51.2 Å². The molecule has 0 radical (unpaired) electrons. The van der Waals surface area contributed by atoms with Crippen molar-refractivity contribution in [1.29, 1.82) is 0 Å². The van der Waals surface area contributed by atoms with Crippen molar-refractivity contribution < 1.29 is 14.3 Å². The van der Waals surface area contributed by atoms with E-state index in [1.165, 1.54) is 25.7 Å². The first-order valence-electron chi connectivity index (χ1n) is 8.05. The molecule has 116 valence electrons. The van der Waals surface area contributed by atoms with Crippen LogP contribution in [0.3, 0.4) is 0 Å². The normalized spacial score (nSPS) is 10.8. The highest BCUT2D eigenvalue weighted by atomic mass is 16.5. The van der Waals surface area contributed by atoms with Gasteiger partial charge in [0.2, 0.25) is 0 Å². The smallest absolute Gasteiger partial charge is 0.306 e. The Morgan fingerprint density at radius 2 is 1.60 bits per heavy atom. The third-order valence-corrected chi connectivity index (χ3v) is 3.18. The van der Waals surface area contributed by atoms with E-state index in [2.05, 4.69) is 13.0 Å². The van der Waals surface area contributed by atoms with E-state index in [9.17, 15) is 9.59 Å². The molecule has 0 aromatic carbocycles. The molecular formula is C17H30O3. The van der Waals surface area contributed by atoms with Gasteiger partial charge in [0.15, 0.2) is 0 Å². The fourth-order valence-electron chi connectivity index (χ4n) is 1.94. The third kappa shape index (κ3) is 14.9. The van der Waals surface area contributed by atoms with Crippen LogP contribution in [0.5, 0.6) is 0 Å². The number of unbranched alkanes of at least 4 members (excludes halogenated alkanes) is 8. The Labute approximate surface area is 123 Å². The molecule has 0 N–H and O–H groups in total. The number of rotatable bonds is 14. The Morgan fingerprint density at radius 1 is 0.900 bits per heavy atom. The van der Waals surface area contributed by atoms with Gasteiger partial charge in [-0.3, -0.25) is 4.79 Å². The minimum Gasteiger partial charge on any atom is -0.461 e. The summed E-state index contributed by atoms with van der Waals surface area (Å²) < 4.78 is 5.12. The van der Waals surface area contributed by atoms with E-state index >= 15 is 0 Å². The zero-order valence-electron chi connectivity index (χ0n) is 12.9. The molecule has 0 saturated carbocycles. The second-order valence-electron chi connectivity index (χ2n) is 5.12. The summed E-state index contributed by atoms with van der Waals surface area (Å²) in [6.45, 7) is 2.61. The molecule has 0 aliphatic heterocycles. The van der Waals surface area contributed by atoms with Gasteiger partial charge in [0.1, 0.15) is 12.9 Å². The molecular weight excluding hydrogens is 252 g/mol. The predicted molar refractivity (Wildman–Crippen MR) is 82.6 cm³/mol. The molecule has 0 aliphatic carbocycles. The summed E-state index contributed by atoms with van der Waals surface area (Å²) in [5.41, 5.74) is 0. The molecule has 0 fully saturated rings. The van der Waals surface area contributed by atoms with Crippen molar-refractivity contribution in [2.24, 2.45) is 0 Å². The molecule has 0 aromatic rings. The van der Waals surface area contributed by atoms with E-state index in [1.807, 2.05) is 6.08 Å². The van der Waals surface area contributed by atoms with E-state index in [4.69, 9.17) is 4.74 Å². The van der Waals surface area contributed by atoms with Crippen LogP contribution in [0.25, 0.3) is 0 Å². The van der Waals surface area contributed by atoms with Crippen molar-refractivity contribution in [3.05, 3.63) is 12.2 Å². The monoisotopic (exact) mass is 282 g/mol. The van der Waals surface area contributed by atoms with Gasteiger partial charge >= 0.3 is 5.97 Å². The zero-order valence-corrected chi connectivity index (χ0v) is 12.9. The number of esters is 1. The van der Waals surface area contributed by atoms with Crippen molar-refractivity contribution in [3.8, 4) is 0 Å². The molecule has 20 heavy (non-hydrogen) atoms. The average molecular weight is 282 g/mol. The van der Waals surface area contributed by atoms with Gasteiger partial charge in [0, 0.05) is 12.8 Å². The van der Waals surface area contributed by atoms with Crippen LogP contribution < -0.4 is 0 Å². The number of carbonyl (C=O) groups is 2. The summed E-state index contributed by atoms with van der Waals surface area (Å²) in [4.78, 5) is 21.5. The maximum atomic E-state index is 11.4. The highest BCUT2D eigenvalue weighted by Crippen LogP contribution is 2.06. The predicted octanol–water partition coefficient (Wildman–Crippen LogP) is 4.60. The molecule has 0 bridgehead atoms. The van der Waals surface area contributed by atoms with Crippen molar-refractivity contribution >= 4 is 12.3 Å². The Hall–Kier alpha value is -1.12. The molecule has 3 heteroatoms. The Bertz CT molecular complexity index is 259. The topological polar surface area (TPSA) is 43.4 Å². The van der Waals surface area contributed by atoms with Crippen molar-refractivity contribution in [2.45, 2.75) is 77.6 Å². The minimum absolute atomic E-state index is 0.115. The van der Waals surface area contributed by atoms with Crippen LogP contribution in [0.2, 0.25) is 0 Å². The lowest BCUT2D eigenvalue weighted by Crippen LogP contribution is -2.03. The summed E-state index contributed by atoms with van der Waals surface area (Å²) in [5, 5.41) is 0.